The second-order valence-electron chi connectivity index (χ2n) is 7.59. The van der Waals surface area contributed by atoms with Gasteiger partial charge < -0.3 is 5.32 Å². The zero-order chi connectivity index (χ0) is 20.5. The van der Waals surface area contributed by atoms with Gasteiger partial charge >= 0.3 is 0 Å². The second kappa shape index (κ2) is 10.2. The lowest BCUT2D eigenvalue weighted by atomic mass is 10.0. The van der Waals surface area contributed by atoms with Crippen LogP contribution in [0.2, 0.25) is 0 Å². The highest BCUT2D eigenvalue weighted by Crippen LogP contribution is 2.28. The first-order valence-corrected chi connectivity index (χ1v) is 9.91. The molecule has 0 amide bonds. The van der Waals surface area contributed by atoms with Crippen molar-refractivity contribution in [2.75, 3.05) is 0 Å². The maximum Gasteiger partial charge on any atom is 0.155 e. The number of rotatable bonds is 5. The highest BCUT2D eigenvalue weighted by Gasteiger charge is 2.21. The van der Waals surface area contributed by atoms with Crippen LogP contribution in [0.5, 0.6) is 0 Å². The third kappa shape index (κ3) is 4.83. The van der Waals surface area contributed by atoms with Crippen LogP contribution in [0, 0.1) is 11.6 Å². The summed E-state index contributed by atoms with van der Waals surface area (Å²) in [5, 5.41) is 9.95. The van der Waals surface area contributed by atoms with Crippen LogP contribution in [0.1, 0.15) is 16.7 Å². The number of H-pyrrole nitrogens is 1. The van der Waals surface area contributed by atoms with Gasteiger partial charge in [0, 0.05) is 23.7 Å². The SMILES string of the molecule is Cl.Cl.Fc1cc(-c2cccc(-c3ncn[nH]3)c2)cc(F)c1CNC1Cc2ccccc2C1. The number of hydrogen-bond donors (Lipinski definition) is 2. The zero-order valence-corrected chi connectivity index (χ0v) is 18.6. The fourth-order valence-electron chi connectivity index (χ4n) is 4.08. The Morgan fingerprint density at radius 3 is 2.12 bits per heavy atom. The van der Waals surface area contributed by atoms with Gasteiger partial charge in [0.2, 0.25) is 0 Å². The lowest BCUT2D eigenvalue weighted by molar-refractivity contribution is 0.492. The van der Waals surface area contributed by atoms with Gasteiger partial charge in [0.25, 0.3) is 0 Å². The minimum absolute atomic E-state index is 0. The van der Waals surface area contributed by atoms with Crippen molar-refractivity contribution >= 4 is 24.8 Å². The van der Waals surface area contributed by atoms with Crippen LogP contribution < -0.4 is 5.32 Å². The summed E-state index contributed by atoms with van der Waals surface area (Å²) in [6.45, 7) is 0.161. The predicted molar refractivity (Wildman–Crippen MR) is 126 cm³/mol. The molecule has 0 unspecified atom stereocenters. The Kier molecular flexibility index (Phi) is 7.61. The van der Waals surface area contributed by atoms with E-state index in [9.17, 15) is 8.78 Å². The van der Waals surface area contributed by atoms with Gasteiger partial charge in [-0.3, -0.25) is 5.10 Å². The minimum Gasteiger partial charge on any atom is -0.309 e. The Hall–Kier alpha value is -2.80. The standard InChI is InChI=1S/C24H20F2N4.2ClH/c25-22-11-19(15-6-3-7-18(8-15)24-28-14-29-30-24)12-23(26)21(22)13-27-20-9-16-4-1-2-5-17(16)10-20;;/h1-8,11-12,14,20,27H,9-10,13H2,(H,28,29,30);2*1H. The third-order valence-electron chi connectivity index (χ3n) is 5.64. The Morgan fingerprint density at radius 2 is 1.50 bits per heavy atom. The average molecular weight is 475 g/mol. The largest absolute Gasteiger partial charge is 0.309 e. The van der Waals surface area contributed by atoms with Gasteiger partial charge in [-0.05, 0) is 53.3 Å². The summed E-state index contributed by atoms with van der Waals surface area (Å²) in [5.41, 5.74) is 4.69. The van der Waals surface area contributed by atoms with Crippen LogP contribution in [-0.2, 0) is 19.4 Å². The summed E-state index contributed by atoms with van der Waals surface area (Å²) in [7, 11) is 0. The van der Waals surface area contributed by atoms with E-state index in [2.05, 4.69) is 32.6 Å². The normalized spacial score (nSPS) is 12.7. The van der Waals surface area contributed by atoms with Gasteiger partial charge in [-0.25, -0.2) is 13.8 Å². The molecule has 3 aromatic carbocycles. The molecule has 1 aliphatic carbocycles. The topological polar surface area (TPSA) is 53.6 Å². The quantitative estimate of drug-likeness (QED) is 0.400. The molecule has 0 saturated heterocycles. The highest BCUT2D eigenvalue weighted by atomic mass is 35.5. The molecular weight excluding hydrogens is 453 g/mol. The molecule has 4 aromatic rings. The van der Waals surface area contributed by atoms with E-state index < -0.39 is 11.6 Å². The van der Waals surface area contributed by atoms with Gasteiger partial charge in [-0.2, -0.15) is 5.10 Å². The van der Waals surface area contributed by atoms with Crippen LogP contribution in [0.4, 0.5) is 8.78 Å². The van der Waals surface area contributed by atoms with E-state index in [1.165, 1.54) is 29.6 Å². The summed E-state index contributed by atoms with van der Waals surface area (Å²) >= 11 is 0. The van der Waals surface area contributed by atoms with Crippen molar-refractivity contribution < 1.29 is 8.78 Å². The molecule has 1 aromatic heterocycles. The molecule has 166 valence electrons. The minimum atomic E-state index is -0.543. The maximum atomic E-state index is 14.8. The molecule has 0 aliphatic heterocycles. The van der Waals surface area contributed by atoms with Crippen molar-refractivity contribution in [1.82, 2.24) is 20.5 Å². The summed E-state index contributed by atoms with van der Waals surface area (Å²) < 4.78 is 29.6. The van der Waals surface area contributed by atoms with Crippen molar-refractivity contribution in [3.63, 3.8) is 0 Å². The molecule has 4 nitrogen and oxygen atoms in total. The van der Waals surface area contributed by atoms with Crippen molar-refractivity contribution in [2.24, 2.45) is 0 Å². The molecule has 2 N–H and O–H groups in total. The van der Waals surface area contributed by atoms with Crippen LogP contribution in [-0.4, -0.2) is 21.2 Å². The highest BCUT2D eigenvalue weighted by molar-refractivity contribution is 5.85. The van der Waals surface area contributed by atoms with Crippen molar-refractivity contribution in [3.8, 4) is 22.5 Å². The van der Waals surface area contributed by atoms with Crippen LogP contribution in [0.15, 0.2) is 67.0 Å². The summed E-state index contributed by atoms with van der Waals surface area (Å²) in [5.74, 6) is -0.479. The first-order chi connectivity index (χ1) is 14.7. The van der Waals surface area contributed by atoms with E-state index in [1.807, 2.05) is 36.4 Å². The molecule has 0 saturated carbocycles. The molecular formula is C24H22Cl2F2N4. The Morgan fingerprint density at radius 1 is 0.844 bits per heavy atom. The van der Waals surface area contributed by atoms with Crippen molar-refractivity contribution in [3.05, 3.63) is 95.3 Å². The van der Waals surface area contributed by atoms with Gasteiger partial charge in [-0.15, -0.1) is 24.8 Å². The summed E-state index contributed by atoms with van der Waals surface area (Å²) in [4.78, 5) is 4.12. The number of aromatic amines is 1. The second-order valence-corrected chi connectivity index (χ2v) is 7.59. The van der Waals surface area contributed by atoms with Gasteiger partial charge in [0.15, 0.2) is 5.82 Å². The number of nitrogens with one attached hydrogen (secondary N) is 2. The lowest BCUT2D eigenvalue weighted by Gasteiger charge is -2.14. The first-order valence-electron chi connectivity index (χ1n) is 9.91. The van der Waals surface area contributed by atoms with E-state index in [-0.39, 0.29) is 43.0 Å². The molecule has 0 atom stereocenters. The number of halogens is 4. The maximum absolute atomic E-state index is 14.8. The molecule has 0 fully saturated rings. The number of hydrogen-bond acceptors (Lipinski definition) is 3. The predicted octanol–water partition coefficient (Wildman–Crippen LogP) is 5.52. The molecule has 8 heteroatoms. The Labute approximate surface area is 197 Å². The molecule has 32 heavy (non-hydrogen) atoms. The smallest absolute Gasteiger partial charge is 0.155 e. The van der Waals surface area contributed by atoms with Gasteiger partial charge in [0.05, 0.1) is 0 Å². The third-order valence-corrected chi connectivity index (χ3v) is 5.64. The summed E-state index contributed by atoms with van der Waals surface area (Å²) in [6, 6.07) is 18.6. The fraction of sp³-hybridized carbons (Fsp3) is 0.167. The molecule has 0 radical (unpaired) electrons. The number of fused-ring (bicyclic) bond motifs is 1. The zero-order valence-electron chi connectivity index (χ0n) is 17.0. The van der Waals surface area contributed by atoms with Crippen molar-refractivity contribution in [1.29, 1.82) is 0 Å². The van der Waals surface area contributed by atoms with Gasteiger partial charge in [0.1, 0.15) is 18.0 Å². The summed E-state index contributed by atoms with van der Waals surface area (Å²) in [6.07, 6.45) is 3.18. The molecule has 1 heterocycles. The average Bonchev–Trinajstić information content (AvgIpc) is 3.43. The van der Waals surface area contributed by atoms with Crippen LogP contribution in [0.25, 0.3) is 22.5 Å². The van der Waals surface area contributed by atoms with E-state index in [4.69, 9.17) is 0 Å². The number of aromatic nitrogens is 3. The monoisotopic (exact) mass is 474 g/mol. The fourth-order valence-corrected chi connectivity index (χ4v) is 4.08. The number of benzene rings is 3. The molecule has 0 bridgehead atoms. The van der Waals surface area contributed by atoms with Crippen LogP contribution in [0.3, 0.4) is 0 Å². The Balaban J connectivity index is 0.00000144. The van der Waals surface area contributed by atoms with E-state index in [0.717, 1.165) is 18.4 Å². The van der Waals surface area contributed by atoms with Crippen LogP contribution >= 0.6 is 24.8 Å². The van der Waals surface area contributed by atoms with Gasteiger partial charge in [-0.1, -0.05) is 42.5 Å². The van der Waals surface area contributed by atoms with Crippen molar-refractivity contribution in [2.45, 2.75) is 25.4 Å². The molecule has 5 rings (SSSR count). The lowest BCUT2D eigenvalue weighted by Crippen LogP contribution is -2.29. The first kappa shape index (κ1) is 23.9. The van der Waals surface area contributed by atoms with E-state index >= 15 is 0 Å². The molecule has 0 spiro atoms. The molecule has 1 aliphatic rings. The van der Waals surface area contributed by atoms with E-state index in [1.54, 1.807) is 0 Å². The van der Waals surface area contributed by atoms with E-state index in [0.29, 0.717) is 17.0 Å². The Bertz CT molecular complexity index is 1150. The number of nitrogens with zero attached hydrogens (tertiary/aromatic N) is 2.